The molecule has 2 atom stereocenters. The van der Waals surface area contributed by atoms with Crippen LogP contribution in [0.15, 0.2) is 0 Å². The molecule has 6 heteroatoms. The summed E-state index contributed by atoms with van der Waals surface area (Å²) < 4.78 is 5.22. The summed E-state index contributed by atoms with van der Waals surface area (Å²) in [6.07, 6.45) is -0.203. The van der Waals surface area contributed by atoms with E-state index in [1.54, 1.807) is 27.7 Å². The van der Waals surface area contributed by atoms with Gasteiger partial charge in [0.2, 0.25) is 0 Å². The molecule has 0 unspecified atom stereocenters. The summed E-state index contributed by atoms with van der Waals surface area (Å²) >= 11 is 3.36. The second-order valence-electron chi connectivity index (χ2n) is 5.47. The fraction of sp³-hybridized carbons (Fsp3) is 0.818. The van der Waals surface area contributed by atoms with Gasteiger partial charge in [-0.2, -0.15) is 0 Å². The average Bonchev–Trinajstić information content (AvgIpc) is 2.40. The molecule has 1 aliphatic heterocycles. The molecule has 17 heavy (non-hydrogen) atoms. The lowest BCUT2D eigenvalue weighted by atomic mass is 10.00. The minimum absolute atomic E-state index is 0.0175. The smallest absolute Gasteiger partial charge is 0.411 e. The summed E-state index contributed by atoms with van der Waals surface area (Å²) in [5.74, 6) is -1.01. The highest BCUT2D eigenvalue weighted by Gasteiger charge is 2.50. The first-order valence-corrected chi connectivity index (χ1v) is 6.36. The van der Waals surface area contributed by atoms with E-state index >= 15 is 0 Å². The van der Waals surface area contributed by atoms with Crippen molar-refractivity contribution in [1.82, 2.24) is 4.90 Å². The summed E-state index contributed by atoms with van der Waals surface area (Å²) in [6, 6.07) is 0. The van der Waals surface area contributed by atoms with E-state index in [-0.39, 0.29) is 4.83 Å². The molecule has 5 nitrogen and oxygen atoms in total. The highest BCUT2D eigenvalue weighted by atomic mass is 79.9. The fourth-order valence-electron chi connectivity index (χ4n) is 1.80. The molecule has 1 N–H and O–H groups in total. The zero-order valence-corrected chi connectivity index (χ0v) is 12.1. The SMILES string of the molecule is CC(C)(C)OC(=O)N1C[C@@H](Br)C[C@]1(C)C(=O)O. The number of ether oxygens (including phenoxy) is 1. The van der Waals surface area contributed by atoms with Crippen LogP contribution >= 0.6 is 15.9 Å². The number of halogens is 1. The highest BCUT2D eigenvalue weighted by molar-refractivity contribution is 9.09. The van der Waals surface area contributed by atoms with Crippen LogP contribution in [0.3, 0.4) is 0 Å². The van der Waals surface area contributed by atoms with Crippen molar-refractivity contribution in [3.8, 4) is 0 Å². The lowest BCUT2D eigenvalue weighted by Gasteiger charge is -2.32. The Balaban J connectivity index is 2.88. The number of carbonyl (C=O) groups excluding carboxylic acids is 1. The average molecular weight is 308 g/mol. The number of alkyl halides is 1. The first-order chi connectivity index (χ1) is 7.56. The van der Waals surface area contributed by atoms with Crippen LogP contribution in [0.1, 0.15) is 34.1 Å². The maximum Gasteiger partial charge on any atom is 0.411 e. The number of carboxylic acid groups (broad SMARTS) is 1. The van der Waals surface area contributed by atoms with Gasteiger partial charge in [-0.3, -0.25) is 4.90 Å². The number of aliphatic carboxylic acids is 1. The third kappa shape index (κ3) is 3.12. The van der Waals surface area contributed by atoms with Gasteiger partial charge in [0, 0.05) is 11.4 Å². The zero-order chi connectivity index (χ0) is 13.4. The number of nitrogens with zero attached hydrogens (tertiary/aromatic N) is 1. The van der Waals surface area contributed by atoms with Gasteiger partial charge >= 0.3 is 12.1 Å². The minimum Gasteiger partial charge on any atom is -0.480 e. The van der Waals surface area contributed by atoms with Crippen molar-refractivity contribution >= 4 is 28.0 Å². The Morgan fingerprint density at radius 3 is 2.41 bits per heavy atom. The first kappa shape index (κ1) is 14.3. The fourth-order valence-corrected chi connectivity index (χ4v) is 2.72. The molecule has 0 bridgehead atoms. The number of hydrogen-bond acceptors (Lipinski definition) is 3. The normalized spacial score (nSPS) is 29.2. The Morgan fingerprint density at radius 2 is 2.00 bits per heavy atom. The van der Waals surface area contributed by atoms with Crippen LogP contribution in [0.5, 0.6) is 0 Å². The standard InChI is InChI=1S/C11H18BrNO4/c1-10(2,3)17-9(16)13-6-7(12)5-11(13,4)8(14)15/h7H,5-6H2,1-4H3,(H,14,15)/t7-,11+/m0/s1. The van der Waals surface area contributed by atoms with Crippen LogP contribution in [0, 0.1) is 0 Å². The molecular formula is C11H18BrNO4. The number of carbonyl (C=O) groups is 2. The van der Waals surface area contributed by atoms with Gasteiger partial charge in [0.05, 0.1) is 0 Å². The number of amides is 1. The molecule has 1 saturated heterocycles. The van der Waals surface area contributed by atoms with Crippen molar-refractivity contribution < 1.29 is 19.4 Å². The van der Waals surface area contributed by atoms with Gasteiger partial charge in [-0.1, -0.05) is 15.9 Å². The predicted molar refractivity (Wildman–Crippen MR) is 66.3 cm³/mol. The maximum atomic E-state index is 11.9. The third-order valence-electron chi connectivity index (χ3n) is 2.67. The van der Waals surface area contributed by atoms with Crippen LogP contribution in [-0.2, 0) is 9.53 Å². The van der Waals surface area contributed by atoms with Crippen LogP contribution in [0.4, 0.5) is 4.79 Å². The molecule has 0 saturated carbocycles. The quantitative estimate of drug-likeness (QED) is 0.754. The largest absolute Gasteiger partial charge is 0.480 e. The van der Waals surface area contributed by atoms with Gasteiger partial charge in [0.1, 0.15) is 11.1 Å². The molecule has 0 aromatic rings. The number of carboxylic acids is 1. The Kier molecular flexibility index (Phi) is 3.76. The van der Waals surface area contributed by atoms with Gasteiger partial charge in [0.15, 0.2) is 0 Å². The molecular weight excluding hydrogens is 290 g/mol. The van der Waals surface area contributed by atoms with E-state index in [1.807, 2.05) is 0 Å². The van der Waals surface area contributed by atoms with Crippen LogP contribution in [0.2, 0.25) is 0 Å². The molecule has 0 aliphatic carbocycles. The van der Waals surface area contributed by atoms with Crippen molar-refractivity contribution in [1.29, 1.82) is 0 Å². The predicted octanol–water partition coefficient (Wildman–Crippen LogP) is 2.23. The van der Waals surface area contributed by atoms with Gasteiger partial charge in [0.25, 0.3) is 0 Å². The summed E-state index contributed by atoms with van der Waals surface area (Å²) in [6.45, 7) is 7.15. The van der Waals surface area contributed by atoms with Gasteiger partial charge in [-0.25, -0.2) is 9.59 Å². The summed E-state index contributed by atoms with van der Waals surface area (Å²) in [7, 11) is 0. The number of likely N-dealkylation sites (tertiary alicyclic amines) is 1. The minimum atomic E-state index is -1.20. The van der Waals surface area contributed by atoms with E-state index in [9.17, 15) is 14.7 Å². The second-order valence-corrected chi connectivity index (χ2v) is 6.77. The second kappa shape index (κ2) is 4.48. The molecule has 0 aromatic heterocycles. The molecule has 1 rings (SSSR count). The zero-order valence-electron chi connectivity index (χ0n) is 10.5. The molecule has 1 aliphatic rings. The third-order valence-corrected chi connectivity index (χ3v) is 3.28. The summed E-state index contributed by atoms with van der Waals surface area (Å²) in [5, 5.41) is 9.24. The highest BCUT2D eigenvalue weighted by Crippen LogP contribution is 2.34. The van der Waals surface area contributed by atoms with Crippen molar-refractivity contribution in [3.05, 3.63) is 0 Å². The molecule has 1 heterocycles. The van der Waals surface area contributed by atoms with Crippen LogP contribution < -0.4 is 0 Å². The Bertz CT molecular complexity index is 339. The van der Waals surface area contributed by atoms with Crippen molar-refractivity contribution in [2.75, 3.05) is 6.54 Å². The molecule has 0 radical (unpaired) electrons. The van der Waals surface area contributed by atoms with Crippen LogP contribution in [-0.4, -0.2) is 44.6 Å². The van der Waals surface area contributed by atoms with Crippen LogP contribution in [0.25, 0.3) is 0 Å². The Labute approximate surface area is 109 Å². The van der Waals surface area contributed by atoms with E-state index in [2.05, 4.69) is 15.9 Å². The van der Waals surface area contributed by atoms with Crippen molar-refractivity contribution in [2.24, 2.45) is 0 Å². The molecule has 0 spiro atoms. The van der Waals surface area contributed by atoms with E-state index in [0.29, 0.717) is 13.0 Å². The Morgan fingerprint density at radius 1 is 1.47 bits per heavy atom. The van der Waals surface area contributed by atoms with E-state index < -0.39 is 23.2 Å². The molecule has 1 amide bonds. The lowest BCUT2D eigenvalue weighted by molar-refractivity contribution is -0.148. The topological polar surface area (TPSA) is 66.8 Å². The first-order valence-electron chi connectivity index (χ1n) is 5.44. The summed E-state index contributed by atoms with van der Waals surface area (Å²) in [4.78, 5) is 24.5. The van der Waals surface area contributed by atoms with Gasteiger partial charge in [-0.05, 0) is 34.1 Å². The van der Waals surface area contributed by atoms with Crippen molar-refractivity contribution in [3.63, 3.8) is 0 Å². The maximum absolute atomic E-state index is 11.9. The Hall–Kier alpha value is -0.780. The lowest BCUT2D eigenvalue weighted by Crippen LogP contribution is -2.52. The monoisotopic (exact) mass is 307 g/mol. The van der Waals surface area contributed by atoms with Gasteiger partial charge < -0.3 is 9.84 Å². The summed E-state index contributed by atoms with van der Waals surface area (Å²) in [5.41, 5.74) is -1.82. The van der Waals surface area contributed by atoms with Gasteiger partial charge in [-0.15, -0.1) is 0 Å². The van der Waals surface area contributed by atoms with E-state index in [0.717, 1.165) is 0 Å². The van der Waals surface area contributed by atoms with E-state index in [1.165, 1.54) is 4.90 Å². The molecule has 1 fully saturated rings. The van der Waals surface area contributed by atoms with E-state index in [4.69, 9.17) is 4.74 Å². The van der Waals surface area contributed by atoms with Crippen molar-refractivity contribution in [2.45, 2.75) is 50.1 Å². The molecule has 0 aromatic carbocycles. The number of hydrogen-bond donors (Lipinski definition) is 1. The molecule has 98 valence electrons. The number of rotatable bonds is 1.